The molecule has 0 saturated carbocycles. The number of ether oxygens (including phenoxy) is 1. The predicted molar refractivity (Wildman–Crippen MR) is 105 cm³/mol. The van der Waals surface area contributed by atoms with Crippen molar-refractivity contribution in [2.24, 2.45) is 0 Å². The molecule has 0 unspecified atom stereocenters. The van der Waals surface area contributed by atoms with E-state index in [4.69, 9.17) is 4.74 Å². The Morgan fingerprint density at radius 1 is 0.889 bits per heavy atom. The Hall–Kier alpha value is -3.12. The Morgan fingerprint density at radius 3 is 2.30 bits per heavy atom. The smallest absolute Gasteiger partial charge is 0.283 e. The molecule has 27 heavy (non-hydrogen) atoms. The van der Waals surface area contributed by atoms with E-state index in [1.807, 2.05) is 43.3 Å². The van der Waals surface area contributed by atoms with Crippen LogP contribution >= 0.6 is 0 Å². The van der Waals surface area contributed by atoms with Gasteiger partial charge < -0.3 is 4.74 Å². The lowest BCUT2D eigenvalue weighted by Gasteiger charge is -2.07. The summed E-state index contributed by atoms with van der Waals surface area (Å²) in [7, 11) is -2.24. The average Bonchev–Trinajstić information content (AvgIpc) is 3.08. The highest BCUT2D eigenvalue weighted by Crippen LogP contribution is 2.35. The molecule has 0 aliphatic carbocycles. The van der Waals surface area contributed by atoms with Crippen LogP contribution in [-0.2, 0) is 10.0 Å². The third kappa shape index (κ3) is 2.88. The van der Waals surface area contributed by atoms with E-state index in [2.05, 4.69) is 5.10 Å². The number of nitrogens with zero attached hydrogens (tertiary/aromatic N) is 2. The Labute approximate surface area is 157 Å². The molecule has 0 radical (unpaired) electrons. The maximum Gasteiger partial charge on any atom is 0.283 e. The van der Waals surface area contributed by atoms with E-state index >= 15 is 0 Å². The van der Waals surface area contributed by atoms with Crippen LogP contribution in [0.5, 0.6) is 5.75 Å². The van der Waals surface area contributed by atoms with E-state index in [0.717, 1.165) is 20.6 Å². The summed E-state index contributed by atoms with van der Waals surface area (Å²) in [6.07, 6.45) is 0. The van der Waals surface area contributed by atoms with Crippen molar-refractivity contribution in [2.45, 2.75) is 11.8 Å². The molecule has 0 fully saturated rings. The molecule has 1 aromatic heterocycles. The van der Waals surface area contributed by atoms with E-state index < -0.39 is 10.0 Å². The standard InChI is InChI=1S/C21H18N2O3S/c1-15-11-13-16(14-12-15)27(24,25)23-19-9-5-3-7-17(19)21(22-23)18-8-4-6-10-20(18)26-2/h3-14H,1-2H3. The van der Waals surface area contributed by atoms with Gasteiger partial charge in [0.2, 0.25) is 0 Å². The van der Waals surface area contributed by atoms with Crippen LogP contribution in [0.3, 0.4) is 0 Å². The molecule has 0 amide bonds. The molecule has 6 heteroatoms. The van der Waals surface area contributed by atoms with Gasteiger partial charge in [-0.15, -0.1) is 0 Å². The van der Waals surface area contributed by atoms with Crippen molar-refractivity contribution in [1.29, 1.82) is 0 Å². The fraction of sp³-hybridized carbons (Fsp3) is 0.0952. The van der Waals surface area contributed by atoms with Gasteiger partial charge in [0.15, 0.2) is 0 Å². The molecular weight excluding hydrogens is 360 g/mol. The summed E-state index contributed by atoms with van der Waals surface area (Å²) in [5.74, 6) is 0.639. The molecule has 0 spiro atoms. The number of benzene rings is 3. The molecular formula is C21H18N2O3S. The Balaban J connectivity index is 2.00. The van der Waals surface area contributed by atoms with Crippen LogP contribution in [0.1, 0.15) is 5.56 Å². The molecule has 136 valence electrons. The maximum atomic E-state index is 13.2. The van der Waals surface area contributed by atoms with Gasteiger partial charge in [0.1, 0.15) is 11.4 Å². The number of fused-ring (bicyclic) bond motifs is 1. The van der Waals surface area contributed by atoms with Crippen molar-refractivity contribution in [3.63, 3.8) is 0 Å². The highest BCUT2D eigenvalue weighted by Gasteiger charge is 2.24. The van der Waals surface area contributed by atoms with Gasteiger partial charge in [-0.1, -0.05) is 48.0 Å². The minimum absolute atomic E-state index is 0.202. The van der Waals surface area contributed by atoms with Crippen LogP contribution in [0.15, 0.2) is 77.7 Å². The summed E-state index contributed by atoms with van der Waals surface area (Å²) in [6.45, 7) is 1.92. The summed E-state index contributed by atoms with van der Waals surface area (Å²) in [5, 5.41) is 5.24. The number of aryl methyl sites for hydroxylation is 1. The van der Waals surface area contributed by atoms with E-state index in [1.54, 1.807) is 43.5 Å². The first-order valence-electron chi connectivity index (χ1n) is 8.46. The number of para-hydroxylation sites is 2. The third-order valence-corrected chi connectivity index (χ3v) is 6.07. The van der Waals surface area contributed by atoms with Gasteiger partial charge in [0.25, 0.3) is 10.0 Å². The topological polar surface area (TPSA) is 61.2 Å². The largest absolute Gasteiger partial charge is 0.496 e. The number of aromatic nitrogens is 2. The molecule has 4 aromatic rings. The minimum atomic E-state index is -3.82. The van der Waals surface area contributed by atoms with Crippen LogP contribution in [-0.4, -0.2) is 24.7 Å². The number of methoxy groups -OCH3 is 1. The van der Waals surface area contributed by atoms with Gasteiger partial charge in [0.05, 0.1) is 17.5 Å². The van der Waals surface area contributed by atoms with E-state index in [1.165, 1.54) is 0 Å². The molecule has 4 rings (SSSR count). The highest BCUT2D eigenvalue weighted by atomic mass is 32.2. The quantitative estimate of drug-likeness (QED) is 0.532. The summed E-state index contributed by atoms with van der Waals surface area (Å²) in [6, 6.07) is 21.5. The predicted octanol–water partition coefficient (Wildman–Crippen LogP) is 4.26. The third-order valence-electron chi connectivity index (χ3n) is 4.46. The van der Waals surface area contributed by atoms with Gasteiger partial charge >= 0.3 is 0 Å². The molecule has 0 saturated heterocycles. The minimum Gasteiger partial charge on any atom is -0.496 e. The maximum absolute atomic E-state index is 13.2. The molecule has 0 aliphatic heterocycles. The van der Waals surface area contributed by atoms with Crippen LogP contribution in [0.25, 0.3) is 22.2 Å². The zero-order valence-electron chi connectivity index (χ0n) is 15.0. The Morgan fingerprint density at radius 2 is 1.56 bits per heavy atom. The first-order valence-corrected chi connectivity index (χ1v) is 9.90. The monoisotopic (exact) mass is 378 g/mol. The van der Waals surface area contributed by atoms with Crippen molar-refractivity contribution >= 4 is 20.9 Å². The highest BCUT2D eigenvalue weighted by molar-refractivity contribution is 7.90. The van der Waals surface area contributed by atoms with E-state index in [0.29, 0.717) is 17.0 Å². The van der Waals surface area contributed by atoms with Gasteiger partial charge in [0, 0.05) is 10.9 Å². The van der Waals surface area contributed by atoms with Crippen molar-refractivity contribution < 1.29 is 13.2 Å². The van der Waals surface area contributed by atoms with Gasteiger partial charge in [-0.2, -0.15) is 17.6 Å². The molecule has 0 atom stereocenters. The second-order valence-corrected chi connectivity index (χ2v) is 7.99. The first-order chi connectivity index (χ1) is 13.0. The fourth-order valence-electron chi connectivity index (χ4n) is 3.07. The van der Waals surface area contributed by atoms with Crippen molar-refractivity contribution in [1.82, 2.24) is 9.19 Å². The van der Waals surface area contributed by atoms with Gasteiger partial charge in [-0.3, -0.25) is 0 Å². The SMILES string of the molecule is COc1ccccc1-c1nn(S(=O)(=O)c2ccc(C)cc2)c2ccccc12. The second kappa shape index (κ2) is 6.55. The lowest BCUT2D eigenvalue weighted by molar-refractivity contribution is 0.416. The Kier molecular flexibility index (Phi) is 4.20. The summed E-state index contributed by atoms with van der Waals surface area (Å²) < 4.78 is 33.0. The lowest BCUT2D eigenvalue weighted by atomic mass is 10.1. The van der Waals surface area contributed by atoms with Crippen molar-refractivity contribution in [2.75, 3.05) is 7.11 Å². The second-order valence-electron chi connectivity index (χ2n) is 6.23. The van der Waals surface area contributed by atoms with Gasteiger partial charge in [-0.05, 0) is 37.3 Å². The zero-order valence-corrected chi connectivity index (χ0v) is 15.8. The summed E-state index contributed by atoms with van der Waals surface area (Å²) in [5.41, 5.74) is 2.83. The Bertz CT molecular complexity index is 1230. The van der Waals surface area contributed by atoms with Crippen LogP contribution < -0.4 is 4.74 Å². The average molecular weight is 378 g/mol. The molecule has 5 nitrogen and oxygen atoms in total. The van der Waals surface area contributed by atoms with E-state index in [9.17, 15) is 8.42 Å². The van der Waals surface area contributed by atoms with Crippen molar-refractivity contribution in [3.8, 4) is 17.0 Å². The van der Waals surface area contributed by atoms with Crippen LogP contribution in [0.4, 0.5) is 0 Å². The number of hydrogen-bond donors (Lipinski definition) is 0. The van der Waals surface area contributed by atoms with E-state index in [-0.39, 0.29) is 4.90 Å². The van der Waals surface area contributed by atoms with Crippen molar-refractivity contribution in [3.05, 3.63) is 78.4 Å². The lowest BCUT2D eigenvalue weighted by Crippen LogP contribution is -2.14. The molecule has 0 aliphatic rings. The zero-order chi connectivity index (χ0) is 19.0. The number of hydrogen-bond acceptors (Lipinski definition) is 4. The summed E-state index contributed by atoms with van der Waals surface area (Å²) >= 11 is 0. The van der Waals surface area contributed by atoms with Gasteiger partial charge in [-0.25, -0.2) is 0 Å². The molecule has 1 heterocycles. The van der Waals surface area contributed by atoms with Crippen LogP contribution in [0, 0.1) is 6.92 Å². The number of rotatable bonds is 4. The normalized spacial score (nSPS) is 11.6. The molecule has 0 bridgehead atoms. The fourth-order valence-corrected chi connectivity index (χ4v) is 4.36. The first kappa shape index (κ1) is 17.3. The van der Waals surface area contributed by atoms with Crippen LogP contribution in [0.2, 0.25) is 0 Å². The molecule has 0 N–H and O–H groups in total. The summed E-state index contributed by atoms with van der Waals surface area (Å²) in [4.78, 5) is 0.202. The molecule has 3 aromatic carbocycles.